The maximum atomic E-state index is 12.5. The molecule has 0 aliphatic rings. The Balaban J connectivity index is 5.67. The smallest absolute Gasteiger partial charge is 0.420 e. The maximum Gasteiger partial charge on any atom is 0.420 e. The third-order valence-corrected chi connectivity index (χ3v) is 2.76. The lowest BCUT2D eigenvalue weighted by molar-refractivity contribution is -0.147. The summed E-state index contributed by atoms with van der Waals surface area (Å²) < 4.78 is 15.2. The van der Waals surface area contributed by atoms with E-state index in [0.29, 0.717) is 17.6 Å². The van der Waals surface area contributed by atoms with Crippen LogP contribution in [0.15, 0.2) is 0 Å². The van der Waals surface area contributed by atoms with Gasteiger partial charge in [0.2, 0.25) is 0 Å². The van der Waals surface area contributed by atoms with Crippen molar-refractivity contribution in [2.24, 2.45) is 0 Å². The number of amides is 2. The molecule has 0 saturated heterocycles. The van der Waals surface area contributed by atoms with Crippen molar-refractivity contribution in [3.05, 3.63) is 0 Å². The quantitative estimate of drug-likeness (QED) is 0.311. The third-order valence-electron chi connectivity index (χ3n) is 2.76. The minimum atomic E-state index is -1.24. The standard InChI is InChI=1S/C17H29NO7/c1-16(2,3)24-14(21)18(15(22)25-17(4,5)6)12(13(20)23-7)10-8-9-11-19/h11-12H,8-10H2,1-7H3/t12-/m1/s1. The van der Waals surface area contributed by atoms with Gasteiger partial charge in [-0.3, -0.25) is 0 Å². The van der Waals surface area contributed by atoms with Crippen LogP contribution in [0.3, 0.4) is 0 Å². The van der Waals surface area contributed by atoms with Crippen LogP contribution in [-0.4, -0.2) is 53.7 Å². The molecule has 0 aliphatic heterocycles. The van der Waals surface area contributed by atoms with Crippen molar-refractivity contribution in [2.45, 2.75) is 78.0 Å². The summed E-state index contributed by atoms with van der Waals surface area (Å²) in [7, 11) is 1.15. The zero-order valence-electron chi connectivity index (χ0n) is 16.1. The average molecular weight is 359 g/mol. The van der Waals surface area contributed by atoms with Gasteiger partial charge in [-0.2, -0.15) is 4.90 Å². The van der Waals surface area contributed by atoms with Crippen LogP contribution in [0.5, 0.6) is 0 Å². The Morgan fingerprint density at radius 1 is 0.960 bits per heavy atom. The molecule has 0 unspecified atom stereocenters. The van der Waals surface area contributed by atoms with E-state index in [4.69, 9.17) is 14.2 Å². The van der Waals surface area contributed by atoms with Gasteiger partial charge in [0.05, 0.1) is 7.11 Å². The largest absolute Gasteiger partial charge is 0.467 e. The molecule has 0 aromatic rings. The Hall–Kier alpha value is -2.12. The van der Waals surface area contributed by atoms with Gasteiger partial charge in [0, 0.05) is 6.42 Å². The van der Waals surface area contributed by atoms with E-state index < -0.39 is 35.4 Å². The lowest BCUT2D eigenvalue weighted by atomic mass is 10.1. The molecule has 0 saturated carbocycles. The Morgan fingerprint density at radius 2 is 1.40 bits per heavy atom. The summed E-state index contributed by atoms with van der Waals surface area (Å²) in [4.78, 5) is 48.3. The van der Waals surface area contributed by atoms with Gasteiger partial charge in [-0.05, 0) is 54.4 Å². The molecule has 2 amide bonds. The van der Waals surface area contributed by atoms with Crippen LogP contribution >= 0.6 is 0 Å². The minimum absolute atomic E-state index is 0.0594. The van der Waals surface area contributed by atoms with Gasteiger partial charge in [0.25, 0.3) is 0 Å². The SMILES string of the molecule is COC(=O)[C@@H](CCCC=O)N(C(=O)OC(C)(C)C)C(=O)OC(C)(C)C. The van der Waals surface area contributed by atoms with Crippen LogP contribution < -0.4 is 0 Å². The molecule has 0 N–H and O–H groups in total. The molecule has 0 fully saturated rings. The summed E-state index contributed by atoms with van der Waals surface area (Å²) in [6, 6.07) is -1.24. The number of carbonyl (C=O) groups is 4. The third kappa shape index (κ3) is 9.07. The number of rotatable bonds is 6. The fourth-order valence-corrected chi connectivity index (χ4v) is 1.83. The maximum absolute atomic E-state index is 12.5. The molecule has 0 rings (SSSR count). The number of ether oxygens (including phenoxy) is 3. The van der Waals surface area contributed by atoms with Crippen molar-refractivity contribution in [3.8, 4) is 0 Å². The Bertz CT molecular complexity index is 460. The van der Waals surface area contributed by atoms with Crippen molar-refractivity contribution in [1.29, 1.82) is 0 Å². The van der Waals surface area contributed by atoms with Crippen LogP contribution in [0.2, 0.25) is 0 Å². The second kappa shape index (κ2) is 9.39. The number of unbranched alkanes of at least 4 members (excludes halogenated alkanes) is 1. The predicted molar refractivity (Wildman–Crippen MR) is 90.0 cm³/mol. The highest BCUT2D eigenvalue weighted by atomic mass is 16.6. The first-order chi connectivity index (χ1) is 11.3. The number of hydrogen-bond acceptors (Lipinski definition) is 7. The topological polar surface area (TPSA) is 99.2 Å². The first-order valence-corrected chi connectivity index (χ1v) is 8.09. The zero-order valence-corrected chi connectivity index (χ0v) is 16.1. The Kier molecular flexibility index (Phi) is 8.59. The van der Waals surface area contributed by atoms with Gasteiger partial charge in [0.1, 0.15) is 23.5 Å². The Morgan fingerprint density at radius 3 is 1.72 bits per heavy atom. The number of methoxy groups -OCH3 is 1. The molecule has 0 spiro atoms. The first-order valence-electron chi connectivity index (χ1n) is 8.09. The molecule has 8 nitrogen and oxygen atoms in total. The number of hydrogen-bond donors (Lipinski definition) is 0. The molecule has 1 atom stereocenters. The number of nitrogens with zero attached hydrogens (tertiary/aromatic N) is 1. The summed E-state index contributed by atoms with van der Waals surface area (Å²) in [5.41, 5.74) is -1.75. The van der Waals surface area contributed by atoms with Gasteiger partial charge in [0.15, 0.2) is 0 Å². The molecule has 144 valence electrons. The van der Waals surface area contributed by atoms with Crippen LogP contribution in [0.1, 0.15) is 60.8 Å². The van der Waals surface area contributed by atoms with E-state index >= 15 is 0 Å². The van der Waals surface area contributed by atoms with Crippen LogP contribution in [0, 0.1) is 0 Å². The average Bonchev–Trinajstić information content (AvgIpc) is 2.41. The number of aldehydes is 1. The van der Waals surface area contributed by atoms with Gasteiger partial charge in [-0.15, -0.1) is 0 Å². The van der Waals surface area contributed by atoms with Crippen molar-refractivity contribution in [1.82, 2.24) is 4.90 Å². The highest BCUT2D eigenvalue weighted by Crippen LogP contribution is 2.20. The highest BCUT2D eigenvalue weighted by Gasteiger charge is 2.40. The molecule has 8 heteroatoms. The van der Waals surface area contributed by atoms with Crippen molar-refractivity contribution in [3.63, 3.8) is 0 Å². The monoisotopic (exact) mass is 359 g/mol. The van der Waals surface area contributed by atoms with Crippen molar-refractivity contribution in [2.75, 3.05) is 7.11 Å². The van der Waals surface area contributed by atoms with E-state index in [1.807, 2.05) is 0 Å². The second-order valence-corrected chi connectivity index (χ2v) is 7.47. The fourth-order valence-electron chi connectivity index (χ4n) is 1.83. The van der Waals surface area contributed by atoms with E-state index in [1.165, 1.54) is 0 Å². The van der Waals surface area contributed by atoms with Crippen molar-refractivity contribution >= 4 is 24.4 Å². The van der Waals surface area contributed by atoms with E-state index in [1.54, 1.807) is 41.5 Å². The van der Waals surface area contributed by atoms with E-state index in [9.17, 15) is 19.2 Å². The molecule has 25 heavy (non-hydrogen) atoms. The van der Waals surface area contributed by atoms with Crippen LogP contribution in [-0.2, 0) is 23.8 Å². The minimum Gasteiger partial charge on any atom is -0.467 e. The zero-order chi connectivity index (χ0) is 19.8. The van der Waals surface area contributed by atoms with Gasteiger partial charge in [-0.25, -0.2) is 14.4 Å². The lowest BCUT2D eigenvalue weighted by Crippen LogP contribution is -2.52. The highest BCUT2D eigenvalue weighted by molar-refractivity contribution is 5.94. The van der Waals surface area contributed by atoms with Gasteiger partial charge in [-0.1, -0.05) is 0 Å². The van der Waals surface area contributed by atoms with Gasteiger partial charge >= 0.3 is 18.2 Å². The summed E-state index contributed by atoms with van der Waals surface area (Å²) >= 11 is 0. The predicted octanol–water partition coefficient (Wildman–Crippen LogP) is 3.07. The molecule has 0 bridgehead atoms. The van der Waals surface area contributed by atoms with E-state index in [2.05, 4.69) is 0 Å². The van der Waals surface area contributed by atoms with Crippen molar-refractivity contribution < 1.29 is 33.4 Å². The number of esters is 1. The summed E-state index contributed by atoms with van der Waals surface area (Å²) in [6.45, 7) is 9.82. The molecule has 0 radical (unpaired) electrons. The summed E-state index contributed by atoms with van der Waals surface area (Å²) in [5, 5.41) is 0. The summed E-state index contributed by atoms with van der Waals surface area (Å²) in [6.07, 6.45) is -0.787. The molecule has 0 aliphatic carbocycles. The molecular weight excluding hydrogens is 330 g/mol. The van der Waals surface area contributed by atoms with E-state index in [0.717, 1.165) is 7.11 Å². The summed E-state index contributed by atoms with van der Waals surface area (Å²) in [5.74, 6) is -0.789. The normalized spacial score (nSPS) is 12.8. The Labute approximate surface area is 148 Å². The molecular formula is C17H29NO7. The first kappa shape index (κ1) is 22.9. The second-order valence-electron chi connectivity index (χ2n) is 7.47. The molecule has 0 heterocycles. The molecule has 0 aromatic carbocycles. The van der Waals surface area contributed by atoms with Gasteiger partial charge < -0.3 is 19.0 Å². The molecule has 0 aromatic heterocycles. The number of imide groups is 1. The number of carbonyl (C=O) groups excluding carboxylic acids is 4. The lowest BCUT2D eigenvalue weighted by Gasteiger charge is -2.32. The van der Waals surface area contributed by atoms with Crippen LogP contribution in [0.4, 0.5) is 9.59 Å². The van der Waals surface area contributed by atoms with Crippen LogP contribution in [0.25, 0.3) is 0 Å². The van der Waals surface area contributed by atoms with E-state index in [-0.39, 0.29) is 12.8 Å². The fraction of sp³-hybridized carbons (Fsp3) is 0.765.